The van der Waals surface area contributed by atoms with E-state index in [0.717, 1.165) is 17.0 Å². The fraction of sp³-hybridized carbons (Fsp3) is 0.357. The first-order chi connectivity index (χ1) is 8.56. The Morgan fingerprint density at radius 3 is 2.39 bits per heavy atom. The molecule has 0 unspecified atom stereocenters. The minimum atomic E-state index is -0.448. The Balaban J connectivity index is 2.18. The third-order valence-electron chi connectivity index (χ3n) is 2.57. The van der Waals surface area contributed by atoms with E-state index < -0.39 is 6.10 Å². The van der Waals surface area contributed by atoms with Crippen LogP contribution in [0.4, 0.5) is 0 Å². The molecule has 1 aromatic heterocycles. The van der Waals surface area contributed by atoms with Crippen molar-refractivity contribution >= 4 is 0 Å². The lowest BCUT2D eigenvalue weighted by atomic mass is 10.1. The monoisotopic (exact) mass is 246 g/mol. The van der Waals surface area contributed by atoms with Crippen LogP contribution < -0.4 is 4.74 Å². The van der Waals surface area contributed by atoms with Gasteiger partial charge < -0.3 is 9.84 Å². The van der Waals surface area contributed by atoms with Crippen LogP contribution in [0.25, 0.3) is 5.69 Å². The first kappa shape index (κ1) is 12.6. The van der Waals surface area contributed by atoms with E-state index in [1.165, 1.54) is 0 Å². The zero-order valence-corrected chi connectivity index (χ0v) is 10.9. The second-order valence-electron chi connectivity index (χ2n) is 4.55. The maximum atomic E-state index is 9.45. The van der Waals surface area contributed by atoms with Crippen molar-refractivity contribution in [3.8, 4) is 11.4 Å². The summed E-state index contributed by atoms with van der Waals surface area (Å²) >= 11 is 0. The Labute approximate surface area is 107 Å². The Hall–Kier alpha value is -1.81. The van der Waals surface area contributed by atoms with Crippen molar-refractivity contribution in [3.05, 3.63) is 42.2 Å². The topological polar surface area (TPSA) is 47.3 Å². The number of aliphatic hydroxyl groups excluding tert-OH is 1. The molecule has 0 aliphatic rings. The van der Waals surface area contributed by atoms with Crippen molar-refractivity contribution in [3.63, 3.8) is 0 Å². The molecule has 1 aromatic carbocycles. The smallest absolute Gasteiger partial charge is 0.158 e. The third kappa shape index (κ3) is 2.90. The Kier molecular flexibility index (Phi) is 3.67. The van der Waals surface area contributed by atoms with Gasteiger partial charge in [-0.1, -0.05) is 12.1 Å². The minimum Gasteiger partial charge on any atom is -0.488 e. The molecule has 18 heavy (non-hydrogen) atoms. The van der Waals surface area contributed by atoms with Gasteiger partial charge in [-0.3, -0.25) is 0 Å². The Bertz CT molecular complexity index is 501. The predicted molar refractivity (Wildman–Crippen MR) is 70.0 cm³/mol. The summed E-state index contributed by atoms with van der Waals surface area (Å²) < 4.78 is 7.31. The van der Waals surface area contributed by atoms with Crippen LogP contribution in [0.3, 0.4) is 0 Å². The van der Waals surface area contributed by atoms with Crippen molar-refractivity contribution in [1.82, 2.24) is 9.78 Å². The SMILES string of the molecule is CC(C)Oc1cnn(-c2ccc([C@@H](C)O)cc2)c1. The summed E-state index contributed by atoms with van der Waals surface area (Å²) in [7, 11) is 0. The molecule has 4 nitrogen and oxygen atoms in total. The molecule has 0 radical (unpaired) electrons. The highest BCUT2D eigenvalue weighted by molar-refractivity contribution is 5.35. The molecule has 0 saturated carbocycles. The van der Waals surface area contributed by atoms with Crippen molar-refractivity contribution in [1.29, 1.82) is 0 Å². The third-order valence-corrected chi connectivity index (χ3v) is 2.57. The second-order valence-corrected chi connectivity index (χ2v) is 4.55. The molecule has 1 N–H and O–H groups in total. The van der Waals surface area contributed by atoms with Gasteiger partial charge in [0.05, 0.1) is 30.3 Å². The average molecular weight is 246 g/mol. The lowest BCUT2D eigenvalue weighted by Gasteiger charge is -2.07. The summed E-state index contributed by atoms with van der Waals surface area (Å²) in [4.78, 5) is 0. The van der Waals surface area contributed by atoms with E-state index in [1.54, 1.807) is 17.8 Å². The normalized spacial score (nSPS) is 12.7. The van der Waals surface area contributed by atoms with Gasteiger partial charge in [0.1, 0.15) is 0 Å². The maximum Gasteiger partial charge on any atom is 0.158 e. The van der Waals surface area contributed by atoms with Crippen molar-refractivity contribution in [2.75, 3.05) is 0 Å². The zero-order chi connectivity index (χ0) is 13.1. The van der Waals surface area contributed by atoms with E-state index in [1.807, 2.05) is 44.3 Å². The van der Waals surface area contributed by atoms with Gasteiger partial charge in [0.15, 0.2) is 5.75 Å². The molecule has 0 bridgehead atoms. The average Bonchev–Trinajstić information content (AvgIpc) is 2.76. The van der Waals surface area contributed by atoms with Crippen molar-refractivity contribution in [2.45, 2.75) is 33.0 Å². The van der Waals surface area contributed by atoms with Crippen molar-refractivity contribution in [2.24, 2.45) is 0 Å². The zero-order valence-electron chi connectivity index (χ0n) is 10.9. The minimum absolute atomic E-state index is 0.139. The summed E-state index contributed by atoms with van der Waals surface area (Å²) in [5.74, 6) is 0.754. The van der Waals surface area contributed by atoms with E-state index in [4.69, 9.17) is 4.74 Å². The highest BCUT2D eigenvalue weighted by Crippen LogP contribution is 2.17. The molecule has 2 aromatic rings. The van der Waals surface area contributed by atoms with Crippen LogP contribution in [-0.2, 0) is 0 Å². The molecule has 96 valence electrons. The Morgan fingerprint density at radius 2 is 1.83 bits per heavy atom. The summed E-state index contributed by atoms with van der Waals surface area (Å²) in [5.41, 5.74) is 1.84. The van der Waals surface area contributed by atoms with Crippen molar-refractivity contribution < 1.29 is 9.84 Å². The molecular formula is C14H18N2O2. The molecule has 1 atom stereocenters. The maximum absolute atomic E-state index is 9.45. The van der Waals surface area contributed by atoms with Gasteiger partial charge in [-0.25, -0.2) is 4.68 Å². The van der Waals surface area contributed by atoms with Gasteiger partial charge in [0, 0.05) is 0 Å². The highest BCUT2D eigenvalue weighted by Gasteiger charge is 2.05. The number of aliphatic hydroxyl groups is 1. The summed E-state index contributed by atoms with van der Waals surface area (Å²) in [6.07, 6.45) is 3.23. The number of nitrogens with zero attached hydrogens (tertiary/aromatic N) is 2. The lowest BCUT2D eigenvalue weighted by Crippen LogP contribution is -2.04. The van der Waals surface area contributed by atoms with Gasteiger partial charge in [-0.05, 0) is 38.5 Å². The molecule has 0 aliphatic carbocycles. The second kappa shape index (κ2) is 5.23. The first-order valence-corrected chi connectivity index (χ1v) is 6.06. The van der Waals surface area contributed by atoms with E-state index in [0.29, 0.717) is 0 Å². The first-order valence-electron chi connectivity index (χ1n) is 6.06. The standard InChI is InChI=1S/C14H18N2O2/c1-10(2)18-14-8-15-16(9-14)13-6-4-12(5-7-13)11(3)17/h4-11,17H,1-3H3/t11-/m1/s1. The molecular weight excluding hydrogens is 228 g/mol. The number of ether oxygens (including phenoxy) is 1. The quantitative estimate of drug-likeness (QED) is 0.902. The molecule has 0 spiro atoms. The van der Waals surface area contributed by atoms with E-state index in [9.17, 15) is 5.11 Å². The number of hydrogen-bond acceptors (Lipinski definition) is 3. The fourth-order valence-electron chi connectivity index (χ4n) is 1.69. The predicted octanol–water partition coefficient (Wildman–Crippen LogP) is 2.71. The van der Waals surface area contributed by atoms with Gasteiger partial charge in [-0.2, -0.15) is 5.10 Å². The van der Waals surface area contributed by atoms with Crippen LogP contribution in [0.5, 0.6) is 5.75 Å². The van der Waals surface area contributed by atoms with E-state index >= 15 is 0 Å². The fourth-order valence-corrected chi connectivity index (χ4v) is 1.69. The van der Waals surface area contributed by atoms with Gasteiger partial charge >= 0.3 is 0 Å². The van der Waals surface area contributed by atoms with Gasteiger partial charge in [0.2, 0.25) is 0 Å². The molecule has 0 saturated heterocycles. The van der Waals surface area contributed by atoms with Crippen LogP contribution in [-0.4, -0.2) is 21.0 Å². The van der Waals surface area contributed by atoms with E-state index in [-0.39, 0.29) is 6.10 Å². The number of rotatable bonds is 4. The lowest BCUT2D eigenvalue weighted by molar-refractivity contribution is 0.199. The van der Waals surface area contributed by atoms with Crippen LogP contribution in [0, 0.1) is 0 Å². The number of aromatic nitrogens is 2. The summed E-state index contributed by atoms with van der Waals surface area (Å²) in [6, 6.07) is 7.64. The summed E-state index contributed by atoms with van der Waals surface area (Å²) in [5, 5.41) is 13.7. The molecule has 1 heterocycles. The number of benzene rings is 1. The largest absolute Gasteiger partial charge is 0.488 e. The molecule has 0 fully saturated rings. The van der Waals surface area contributed by atoms with Gasteiger partial charge in [0.25, 0.3) is 0 Å². The molecule has 0 aliphatic heterocycles. The number of hydrogen-bond donors (Lipinski definition) is 1. The van der Waals surface area contributed by atoms with Crippen LogP contribution >= 0.6 is 0 Å². The molecule has 4 heteroatoms. The van der Waals surface area contributed by atoms with E-state index in [2.05, 4.69) is 5.10 Å². The highest BCUT2D eigenvalue weighted by atomic mass is 16.5. The van der Waals surface area contributed by atoms with Crippen LogP contribution in [0.2, 0.25) is 0 Å². The van der Waals surface area contributed by atoms with Crippen LogP contribution in [0.1, 0.15) is 32.4 Å². The Morgan fingerprint density at radius 1 is 1.17 bits per heavy atom. The molecule has 0 amide bonds. The van der Waals surface area contributed by atoms with Crippen LogP contribution in [0.15, 0.2) is 36.7 Å². The molecule has 2 rings (SSSR count). The van der Waals surface area contributed by atoms with Gasteiger partial charge in [-0.15, -0.1) is 0 Å². The summed E-state index contributed by atoms with van der Waals surface area (Å²) in [6.45, 7) is 5.71.